The fraction of sp³-hybridized carbons (Fsp3) is 0.200. The number of halogens is 2. The Hall–Kier alpha value is -1.98. The lowest BCUT2D eigenvalue weighted by atomic mass is 10.3. The first kappa shape index (κ1) is 10.5. The molecule has 2 rings (SSSR count). The van der Waals surface area contributed by atoms with Crippen LogP contribution >= 0.6 is 0 Å². The highest BCUT2D eigenvalue weighted by Gasteiger charge is 2.19. The van der Waals surface area contributed by atoms with E-state index in [1.54, 1.807) is 24.3 Å². The number of hydrogen-bond donors (Lipinski definition) is 1. The van der Waals surface area contributed by atoms with Crippen LogP contribution < -0.4 is 0 Å². The first-order chi connectivity index (χ1) is 7.65. The van der Waals surface area contributed by atoms with E-state index in [0.29, 0.717) is 11.0 Å². The number of para-hydroxylation sites is 2. The molecule has 0 radical (unpaired) electrons. The van der Waals surface area contributed by atoms with Crippen molar-refractivity contribution in [2.75, 3.05) is 0 Å². The number of imidazole rings is 1. The first-order valence-electron chi connectivity index (χ1n) is 4.59. The van der Waals surface area contributed by atoms with Crippen molar-refractivity contribution < 1.29 is 14.0 Å². The topological polar surface area (TPSA) is 50.4 Å². The van der Waals surface area contributed by atoms with Gasteiger partial charge in [0.25, 0.3) is 0 Å². The highest BCUT2D eigenvalue weighted by atomic mass is 19.3. The fourth-order valence-corrected chi connectivity index (χ4v) is 1.54. The van der Waals surface area contributed by atoms with E-state index in [4.69, 9.17) is 5.21 Å². The van der Waals surface area contributed by atoms with Crippen molar-refractivity contribution in [1.29, 1.82) is 0 Å². The molecule has 0 saturated carbocycles. The summed E-state index contributed by atoms with van der Waals surface area (Å²) in [4.78, 5) is 4.00. The highest BCUT2D eigenvalue weighted by molar-refractivity contribution is 5.98. The lowest BCUT2D eigenvalue weighted by Crippen LogP contribution is -2.09. The van der Waals surface area contributed by atoms with Gasteiger partial charge in [-0.25, -0.2) is 4.98 Å². The van der Waals surface area contributed by atoms with Gasteiger partial charge in [0.15, 0.2) is 5.82 Å². The molecule has 1 N–H and O–H groups in total. The van der Waals surface area contributed by atoms with E-state index in [9.17, 15) is 8.78 Å². The Balaban J connectivity index is 2.78. The minimum atomic E-state index is -2.72. The molecule has 0 bridgehead atoms. The predicted molar refractivity (Wildman–Crippen MR) is 55.0 cm³/mol. The maximum atomic E-state index is 12.9. The van der Waals surface area contributed by atoms with E-state index in [1.165, 1.54) is 6.92 Å². The van der Waals surface area contributed by atoms with Crippen molar-refractivity contribution in [2.24, 2.45) is 5.16 Å². The molecule has 0 amide bonds. The summed E-state index contributed by atoms with van der Waals surface area (Å²) < 4.78 is 26.5. The Morgan fingerprint density at radius 2 is 2.12 bits per heavy atom. The third-order valence-electron chi connectivity index (χ3n) is 2.26. The van der Waals surface area contributed by atoms with Crippen LogP contribution in [-0.4, -0.2) is 20.5 Å². The largest absolute Gasteiger partial charge is 0.411 e. The van der Waals surface area contributed by atoms with E-state index in [0.717, 1.165) is 4.57 Å². The minimum absolute atomic E-state index is 0.0290. The van der Waals surface area contributed by atoms with Crippen molar-refractivity contribution in [2.45, 2.75) is 13.5 Å². The number of fused-ring (bicyclic) bond motifs is 1. The normalized spacial score (nSPS) is 12.6. The molecular formula is C10H9F2N3O. The van der Waals surface area contributed by atoms with Gasteiger partial charge in [0, 0.05) is 0 Å². The minimum Gasteiger partial charge on any atom is -0.411 e. The van der Waals surface area contributed by atoms with E-state index in [-0.39, 0.29) is 11.5 Å². The Kier molecular flexibility index (Phi) is 2.55. The van der Waals surface area contributed by atoms with Crippen LogP contribution in [0.25, 0.3) is 11.0 Å². The fourth-order valence-electron chi connectivity index (χ4n) is 1.54. The Labute approximate surface area is 89.8 Å². The molecule has 0 unspecified atom stereocenters. The van der Waals surface area contributed by atoms with E-state index in [2.05, 4.69) is 10.1 Å². The van der Waals surface area contributed by atoms with Crippen molar-refractivity contribution in [1.82, 2.24) is 9.55 Å². The molecule has 16 heavy (non-hydrogen) atoms. The molecule has 4 nitrogen and oxygen atoms in total. The monoisotopic (exact) mass is 225 g/mol. The van der Waals surface area contributed by atoms with Crippen LogP contribution in [0.15, 0.2) is 29.4 Å². The van der Waals surface area contributed by atoms with E-state index in [1.807, 2.05) is 0 Å². The van der Waals surface area contributed by atoms with Crippen LogP contribution in [0.1, 0.15) is 19.3 Å². The molecule has 0 saturated heterocycles. The average Bonchev–Trinajstić information content (AvgIpc) is 2.67. The van der Waals surface area contributed by atoms with E-state index < -0.39 is 6.55 Å². The quantitative estimate of drug-likeness (QED) is 0.485. The summed E-state index contributed by atoms with van der Waals surface area (Å²) >= 11 is 0. The first-order valence-corrected chi connectivity index (χ1v) is 4.59. The van der Waals surface area contributed by atoms with Crippen LogP contribution in [0, 0.1) is 0 Å². The van der Waals surface area contributed by atoms with Crippen LogP contribution in [0.4, 0.5) is 8.78 Å². The highest BCUT2D eigenvalue weighted by Crippen LogP contribution is 2.23. The zero-order chi connectivity index (χ0) is 11.7. The molecular weight excluding hydrogens is 216 g/mol. The van der Waals surface area contributed by atoms with Gasteiger partial charge in [-0.1, -0.05) is 17.3 Å². The molecule has 0 atom stereocenters. The number of hydrogen-bond acceptors (Lipinski definition) is 3. The van der Waals surface area contributed by atoms with Gasteiger partial charge in [0.1, 0.15) is 5.71 Å². The molecule has 1 aromatic heterocycles. The Morgan fingerprint density at radius 3 is 2.75 bits per heavy atom. The molecule has 6 heteroatoms. The second-order valence-corrected chi connectivity index (χ2v) is 3.26. The SMILES string of the molecule is C/C(=N\O)c1nc2ccccc2n1C(F)F. The maximum absolute atomic E-state index is 12.9. The molecule has 0 fully saturated rings. The zero-order valence-electron chi connectivity index (χ0n) is 8.43. The molecule has 1 aromatic carbocycles. The van der Waals surface area contributed by atoms with E-state index >= 15 is 0 Å². The third-order valence-corrected chi connectivity index (χ3v) is 2.26. The summed E-state index contributed by atoms with van der Waals surface area (Å²) in [6.45, 7) is -1.31. The van der Waals surface area contributed by atoms with Crippen LogP contribution in [-0.2, 0) is 0 Å². The van der Waals surface area contributed by atoms with Crippen LogP contribution in [0.5, 0.6) is 0 Å². The van der Waals surface area contributed by atoms with Crippen molar-refractivity contribution >= 4 is 16.7 Å². The summed E-state index contributed by atoms with van der Waals surface area (Å²) in [5.74, 6) is -0.0290. The average molecular weight is 225 g/mol. The molecule has 0 spiro atoms. The second kappa shape index (κ2) is 3.88. The zero-order valence-corrected chi connectivity index (χ0v) is 8.43. The maximum Gasteiger partial charge on any atom is 0.320 e. The van der Waals surface area contributed by atoms with Gasteiger partial charge in [-0.2, -0.15) is 8.78 Å². The van der Waals surface area contributed by atoms with Gasteiger partial charge in [-0.15, -0.1) is 0 Å². The molecule has 1 heterocycles. The van der Waals surface area contributed by atoms with Gasteiger partial charge in [-0.05, 0) is 19.1 Å². The van der Waals surface area contributed by atoms with Crippen molar-refractivity contribution in [3.8, 4) is 0 Å². The molecule has 0 aliphatic heterocycles. The summed E-state index contributed by atoms with van der Waals surface area (Å²) in [5, 5.41) is 11.5. The second-order valence-electron chi connectivity index (χ2n) is 3.26. The van der Waals surface area contributed by atoms with Gasteiger partial charge >= 0.3 is 6.55 Å². The molecule has 2 aromatic rings. The molecule has 0 aliphatic rings. The van der Waals surface area contributed by atoms with Gasteiger partial charge in [0.05, 0.1) is 11.0 Å². The standard InChI is InChI=1S/C10H9F2N3O/c1-6(14-16)9-13-7-4-2-3-5-8(7)15(9)10(11)12/h2-5,10,16H,1H3/b14-6+. The van der Waals surface area contributed by atoms with Crippen LogP contribution in [0.2, 0.25) is 0 Å². The summed E-state index contributed by atoms with van der Waals surface area (Å²) in [5.41, 5.74) is 0.813. The lowest BCUT2D eigenvalue weighted by Gasteiger charge is -2.05. The lowest BCUT2D eigenvalue weighted by molar-refractivity contribution is 0.0739. The number of nitrogens with zero attached hydrogens (tertiary/aromatic N) is 3. The van der Waals surface area contributed by atoms with Gasteiger partial charge in [-0.3, -0.25) is 4.57 Å². The number of oxime groups is 1. The Bertz CT molecular complexity index is 548. The molecule has 0 aliphatic carbocycles. The van der Waals surface area contributed by atoms with Gasteiger partial charge < -0.3 is 5.21 Å². The number of aromatic nitrogens is 2. The summed E-state index contributed by atoms with van der Waals surface area (Å²) in [7, 11) is 0. The van der Waals surface area contributed by atoms with Crippen LogP contribution in [0.3, 0.4) is 0 Å². The predicted octanol–water partition coefficient (Wildman–Crippen LogP) is 2.63. The number of rotatable bonds is 2. The third kappa shape index (κ3) is 1.52. The van der Waals surface area contributed by atoms with Crippen molar-refractivity contribution in [3.05, 3.63) is 30.1 Å². The summed E-state index contributed by atoms with van der Waals surface area (Å²) in [6, 6.07) is 6.53. The number of alkyl halides is 2. The molecule has 84 valence electrons. The summed E-state index contributed by atoms with van der Waals surface area (Å²) in [6.07, 6.45) is 0. The van der Waals surface area contributed by atoms with Gasteiger partial charge in [0.2, 0.25) is 0 Å². The Morgan fingerprint density at radius 1 is 1.44 bits per heavy atom. The van der Waals surface area contributed by atoms with Crippen molar-refractivity contribution in [3.63, 3.8) is 0 Å². The smallest absolute Gasteiger partial charge is 0.320 e. The number of benzene rings is 1.